The summed E-state index contributed by atoms with van der Waals surface area (Å²) in [5, 5.41) is 13.1. The molecule has 0 saturated carbocycles. The fourth-order valence-electron chi connectivity index (χ4n) is 2.67. The van der Waals surface area contributed by atoms with Gasteiger partial charge in [0.1, 0.15) is 0 Å². The molecule has 0 aliphatic rings. The first kappa shape index (κ1) is 26.1. The van der Waals surface area contributed by atoms with E-state index in [0.29, 0.717) is 19.4 Å². The lowest BCUT2D eigenvalue weighted by atomic mass is 9.95. The third kappa shape index (κ3) is 16.3. The Balaban J connectivity index is 3.86. The summed E-state index contributed by atoms with van der Waals surface area (Å²) in [4.78, 5) is 11.8. The molecule has 0 fully saturated rings. The van der Waals surface area contributed by atoms with Gasteiger partial charge < -0.3 is 10.4 Å². The van der Waals surface area contributed by atoms with E-state index in [1.165, 1.54) is 19.3 Å². The zero-order chi connectivity index (χ0) is 20.9. The number of carbonyl (C=O) groups is 1. The van der Waals surface area contributed by atoms with Crippen molar-refractivity contribution in [2.45, 2.75) is 84.2 Å². The average molecular weight is 388 g/mol. The van der Waals surface area contributed by atoms with E-state index in [2.05, 4.69) is 36.5 Å². The van der Waals surface area contributed by atoms with Gasteiger partial charge in [0.2, 0.25) is 5.91 Å². The summed E-state index contributed by atoms with van der Waals surface area (Å²) in [6.45, 7) is 6.51. The highest BCUT2D eigenvalue weighted by atomic mass is 16.3. The molecule has 0 aliphatic carbocycles. The van der Waals surface area contributed by atoms with Crippen molar-refractivity contribution in [3.63, 3.8) is 0 Å². The van der Waals surface area contributed by atoms with E-state index in [1.54, 1.807) is 6.08 Å². The van der Waals surface area contributed by atoms with Crippen molar-refractivity contribution in [3.8, 4) is 0 Å². The van der Waals surface area contributed by atoms with Crippen molar-refractivity contribution >= 4 is 5.91 Å². The summed E-state index contributed by atoms with van der Waals surface area (Å²) >= 11 is 0. The lowest BCUT2D eigenvalue weighted by Crippen LogP contribution is -2.41. The molecule has 0 aromatic heterocycles. The quantitative estimate of drug-likeness (QED) is 0.189. The summed E-state index contributed by atoms with van der Waals surface area (Å²) in [7, 11) is 0. The molecule has 0 aromatic carbocycles. The molecule has 28 heavy (non-hydrogen) atoms. The van der Waals surface area contributed by atoms with Crippen molar-refractivity contribution < 1.29 is 9.90 Å². The van der Waals surface area contributed by atoms with Crippen LogP contribution in [0.5, 0.6) is 0 Å². The lowest BCUT2D eigenvalue weighted by Gasteiger charge is -2.26. The van der Waals surface area contributed by atoms with Gasteiger partial charge in [-0.25, -0.2) is 0 Å². The number of unbranched alkanes of at least 4 members (excludes halogenated alkanes) is 4. The van der Waals surface area contributed by atoms with Crippen molar-refractivity contribution in [2.75, 3.05) is 6.54 Å². The van der Waals surface area contributed by atoms with Crippen LogP contribution in [0.2, 0.25) is 0 Å². The first-order chi connectivity index (χ1) is 13.6. The highest BCUT2D eigenvalue weighted by Gasteiger charge is 2.23. The fraction of sp³-hybridized carbons (Fsp3) is 0.560. The Bertz CT molecular complexity index is 529. The van der Waals surface area contributed by atoms with Crippen molar-refractivity contribution in [1.29, 1.82) is 0 Å². The number of allylic oxidation sites excluding steroid dienone is 9. The molecule has 0 spiro atoms. The SMILES string of the molecule is CCCCCC=CC=CC=CC=CCCC=CC(=O)NCC(O)(CC)CCC. The molecule has 0 radical (unpaired) electrons. The number of hydrogen-bond acceptors (Lipinski definition) is 2. The maximum absolute atomic E-state index is 11.8. The maximum atomic E-state index is 11.8. The van der Waals surface area contributed by atoms with Gasteiger partial charge in [-0.15, -0.1) is 0 Å². The zero-order valence-electron chi connectivity index (χ0n) is 18.2. The zero-order valence-corrected chi connectivity index (χ0v) is 18.2. The molecule has 3 nitrogen and oxygen atoms in total. The standard InChI is InChI=1S/C25H41NO2/c1-4-7-8-9-10-11-12-13-14-15-16-17-18-19-20-21-24(27)26-23-25(28,6-3)22-5-2/h10-17,20-21,28H,4-9,18-19,22-23H2,1-3H3,(H,26,27). The third-order valence-electron chi connectivity index (χ3n) is 4.54. The Hall–Kier alpha value is -1.87. The van der Waals surface area contributed by atoms with Gasteiger partial charge in [-0.3, -0.25) is 4.79 Å². The van der Waals surface area contributed by atoms with Crippen LogP contribution in [0.3, 0.4) is 0 Å². The smallest absolute Gasteiger partial charge is 0.243 e. The van der Waals surface area contributed by atoms with Crippen molar-refractivity contribution in [1.82, 2.24) is 5.32 Å². The number of hydrogen-bond donors (Lipinski definition) is 2. The molecule has 0 heterocycles. The van der Waals surface area contributed by atoms with Gasteiger partial charge >= 0.3 is 0 Å². The van der Waals surface area contributed by atoms with Crippen LogP contribution in [-0.2, 0) is 4.79 Å². The van der Waals surface area contributed by atoms with Crippen molar-refractivity contribution in [2.24, 2.45) is 0 Å². The summed E-state index contributed by atoms with van der Waals surface area (Å²) in [6, 6.07) is 0. The minimum atomic E-state index is -0.785. The molecular formula is C25H41NO2. The Morgan fingerprint density at radius 2 is 1.43 bits per heavy atom. The largest absolute Gasteiger partial charge is 0.388 e. The Labute approximate surface area is 173 Å². The highest BCUT2D eigenvalue weighted by molar-refractivity contribution is 5.87. The minimum Gasteiger partial charge on any atom is -0.388 e. The summed E-state index contributed by atoms with van der Waals surface area (Å²) in [5.41, 5.74) is -0.785. The lowest BCUT2D eigenvalue weighted by molar-refractivity contribution is -0.117. The number of amides is 1. The second-order valence-electron chi connectivity index (χ2n) is 7.15. The van der Waals surface area contributed by atoms with E-state index in [1.807, 2.05) is 44.2 Å². The van der Waals surface area contributed by atoms with E-state index < -0.39 is 5.60 Å². The van der Waals surface area contributed by atoms with E-state index in [9.17, 15) is 9.90 Å². The Morgan fingerprint density at radius 1 is 0.821 bits per heavy atom. The molecular weight excluding hydrogens is 346 g/mol. The van der Waals surface area contributed by atoms with Crippen LogP contribution in [0.25, 0.3) is 0 Å². The maximum Gasteiger partial charge on any atom is 0.243 e. The Kier molecular flexibility index (Phi) is 17.3. The minimum absolute atomic E-state index is 0.139. The van der Waals surface area contributed by atoms with Crippen LogP contribution < -0.4 is 5.32 Å². The summed E-state index contributed by atoms with van der Waals surface area (Å²) in [6.07, 6.45) is 28.9. The van der Waals surface area contributed by atoms with E-state index >= 15 is 0 Å². The summed E-state index contributed by atoms with van der Waals surface area (Å²) in [5.74, 6) is -0.139. The molecule has 1 unspecified atom stereocenters. The predicted octanol–water partition coefficient (Wildman–Crippen LogP) is 6.19. The van der Waals surface area contributed by atoms with Gasteiger partial charge in [0.25, 0.3) is 0 Å². The van der Waals surface area contributed by atoms with Gasteiger partial charge in [0.15, 0.2) is 0 Å². The van der Waals surface area contributed by atoms with Crippen LogP contribution >= 0.6 is 0 Å². The van der Waals surface area contributed by atoms with E-state index in [4.69, 9.17) is 0 Å². The third-order valence-corrected chi connectivity index (χ3v) is 4.54. The van der Waals surface area contributed by atoms with Crippen LogP contribution in [0.4, 0.5) is 0 Å². The van der Waals surface area contributed by atoms with Gasteiger partial charge in [0.05, 0.1) is 5.60 Å². The van der Waals surface area contributed by atoms with Crippen LogP contribution in [0.15, 0.2) is 60.8 Å². The topological polar surface area (TPSA) is 49.3 Å². The van der Waals surface area contributed by atoms with Crippen molar-refractivity contribution in [3.05, 3.63) is 60.8 Å². The number of rotatable bonds is 16. The van der Waals surface area contributed by atoms with Crippen LogP contribution in [-0.4, -0.2) is 23.2 Å². The first-order valence-electron chi connectivity index (χ1n) is 10.9. The van der Waals surface area contributed by atoms with E-state index in [0.717, 1.165) is 25.7 Å². The van der Waals surface area contributed by atoms with Gasteiger partial charge in [0, 0.05) is 6.54 Å². The van der Waals surface area contributed by atoms with Crippen LogP contribution in [0, 0.1) is 0 Å². The molecule has 0 aliphatic heterocycles. The molecule has 0 saturated heterocycles. The molecule has 0 rings (SSSR count). The monoisotopic (exact) mass is 387 g/mol. The van der Waals surface area contributed by atoms with Gasteiger partial charge in [-0.1, -0.05) is 94.7 Å². The second kappa shape index (κ2) is 18.5. The fourth-order valence-corrected chi connectivity index (χ4v) is 2.67. The molecule has 3 heteroatoms. The molecule has 1 amide bonds. The number of aliphatic hydroxyl groups is 1. The number of carbonyl (C=O) groups excluding carboxylic acids is 1. The Morgan fingerprint density at radius 3 is 2.04 bits per heavy atom. The molecule has 1 atom stereocenters. The molecule has 158 valence electrons. The molecule has 0 bridgehead atoms. The average Bonchev–Trinajstić information content (AvgIpc) is 2.69. The van der Waals surface area contributed by atoms with Gasteiger partial charge in [-0.2, -0.15) is 0 Å². The second-order valence-corrected chi connectivity index (χ2v) is 7.15. The molecule has 2 N–H and O–H groups in total. The van der Waals surface area contributed by atoms with E-state index in [-0.39, 0.29) is 5.91 Å². The molecule has 0 aromatic rings. The van der Waals surface area contributed by atoms with Crippen LogP contribution in [0.1, 0.15) is 78.6 Å². The first-order valence-corrected chi connectivity index (χ1v) is 10.9. The number of nitrogens with one attached hydrogen (secondary N) is 1. The summed E-state index contributed by atoms with van der Waals surface area (Å²) < 4.78 is 0. The highest BCUT2D eigenvalue weighted by Crippen LogP contribution is 2.15. The van der Waals surface area contributed by atoms with Gasteiger partial charge in [-0.05, 0) is 44.6 Å². The predicted molar refractivity (Wildman–Crippen MR) is 122 cm³/mol. The normalized spacial score (nSPS) is 14.9.